The number of aliphatic carboxylic acids is 1. The summed E-state index contributed by atoms with van der Waals surface area (Å²) >= 11 is 0. The molecule has 0 amide bonds. The second-order valence-electron chi connectivity index (χ2n) is 8.22. The van der Waals surface area contributed by atoms with Crippen LogP contribution < -0.4 is 5.32 Å². The molecule has 2 N–H and O–H groups in total. The van der Waals surface area contributed by atoms with Crippen LogP contribution in [0.25, 0.3) is 0 Å². The van der Waals surface area contributed by atoms with Gasteiger partial charge in [0.05, 0.1) is 23.6 Å². The third-order valence-electron chi connectivity index (χ3n) is 6.72. The number of carbonyl (C=O) groups is 2. The highest BCUT2D eigenvalue weighted by molar-refractivity contribution is 6.00. The number of ketones is 1. The smallest absolute Gasteiger partial charge is 0.306 e. The number of carboxylic acids is 1. The van der Waals surface area contributed by atoms with Crippen LogP contribution in [0.5, 0.6) is 0 Å². The van der Waals surface area contributed by atoms with Gasteiger partial charge in [-0.2, -0.15) is 5.26 Å². The third-order valence-corrected chi connectivity index (χ3v) is 6.72. The van der Waals surface area contributed by atoms with Gasteiger partial charge < -0.3 is 10.4 Å². The Hall–Kier alpha value is -2.19. The molecule has 1 saturated heterocycles. The van der Waals surface area contributed by atoms with Crippen LogP contribution in [0.1, 0.15) is 67.8 Å². The fourth-order valence-electron chi connectivity index (χ4n) is 4.91. The van der Waals surface area contributed by atoms with E-state index in [0.717, 1.165) is 45.1 Å². The Bertz CT molecular complexity index is 717. The molecule has 2 fully saturated rings. The molecule has 2 atom stereocenters. The quantitative estimate of drug-likeness (QED) is 0.772. The van der Waals surface area contributed by atoms with E-state index in [2.05, 4.69) is 11.4 Å². The number of nitrogens with one attached hydrogen (secondary N) is 1. The molecule has 5 nitrogen and oxygen atoms in total. The number of Topliss-reactive ketones (excluding diaryl/α,β-unsaturated/α-hetero) is 1. The number of rotatable bonds is 5. The Labute approximate surface area is 160 Å². The van der Waals surface area contributed by atoms with Gasteiger partial charge >= 0.3 is 5.97 Å². The first-order valence-electron chi connectivity index (χ1n) is 9.98. The van der Waals surface area contributed by atoms with Gasteiger partial charge in [-0.05, 0) is 68.4 Å². The minimum atomic E-state index is -0.659. The maximum atomic E-state index is 12.7. The molecule has 0 radical (unpaired) electrons. The van der Waals surface area contributed by atoms with Crippen LogP contribution in [0.3, 0.4) is 0 Å². The lowest BCUT2D eigenvalue weighted by molar-refractivity contribution is -0.144. The van der Waals surface area contributed by atoms with Crippen molar-refractivity contribution in [2.75, 3.05) is 6.54 Å². The highest BCUT2D eigenvalue weighted by Gasteiger charge is 2.42. The summed E-state index contributed by atoms with van der Waals surface area (Å²) in [5.74, 6) is -0.492. The first-order chi connectivity index (χ1) is 13.0. The number of carbonyl (C=O) groups excluding carboxylic acids is 1. The van der Waals surface area contributed by atoms with Gasteiger partial charge in [-0.15, -0.1) is 0 Å². The Kier molecular flexibility index (Phi) is 5.96. The van der Waals surface area contributed by atoms with Crippen molar-refractivity contribution in [3.63, 3.8) is 0 Å². The minimum absolute atomic E-state index is 0.0972. The molecule has 2 unspecified atom stereocenters. The average molecular weight is 368 g/mol. The average Bonchev–Trinajstić information content (AvgIpc) is 2.70. The van der Waals surface area contributed by atoms with Crippen molar-refractivity contribution in [3.8, 4) is 6.07 Å². The summed E-state index contributed by atoms with van der Waals surface area (Å²) in [6.45, 7) is 2.79. The van der Waals surface area contributed by atoms with E-state index < -0.39 is 5.97 Å². The zero-order valence-electron chi connectivity index (χ0n) is 15.9. The van der Waals surface area contributed by atoms with Gasteiger partial charge in [-0.3, -0.25) is 9.59 Å². The summed E-state index contributed by atoms with van der Waals surface area (Å²) in [7, 11) is 0. The summed E-state index contributed by atoms with van der Waals surface area (Å²) in [5, 5.41) is 21.7. The summed E-state index contributed by atoms with van der Waals surface area (Å²) in [6, 6.07) is 8.74. The lowest BCUT2D eigenvalue weighted by Crippen LogP contribution is -2.50. The Balaban J connectivity index is 1.55. The van der Waals surface area contributed by atoms with E-state index in [9.17, 15) is 14.7 Å². The number of carboxylic acid groups (broad SMARTS) is 1. The molecule has 1 aromatic carbocycles. The van der Waals surface area contributed by atoms with Crippen LogP contribution in [0, 0.1) is 28.6 Å². The zero-order chi connectivity index (χ0) is 19.4. The van der Waals surface area contributed by atoms with Gasteiger partial charge in [0, 0.05) is 12.1 Å². The van der Waals surface area contributed by atoms with Crippen LogP contribution in [0.2, 0.25) is 0 Å². The molecule has 1 spiro atoms. The largest absolute Gasteiger partial charge is 0.481 e. The van der Waals surface area contributed by atoms with E-state index in [1.54, 1.807) is 24.3 Å². The SMILES string of the molecule is CCC(C(=O)O)C1CCC2(CCC(C(=O)c3ccc(C#N)cc3)NC2)CC1. The van der Waals surface area contributed by atoms with Crippen molar-refractivity contribution in [2.45, 2.75) is 57.9 Å². The van der Waals surface area contributed by atoms with E-state index in [1.165, 1.54) is 0 Å². The molecular formula is C22H28N2O3. The normalized spacial score (nSPS) is 29.0. The van der Waals surface area contributed by atoms with Crippen LogP contribution in [0.15, 0.2) is 24.3 Å². The van der Waals surface area contributed by atoms with Crippen molar-refractivity contribution in [1.29, 1.82) is 5.26 Å². The molecule has 1 aromatic rings. The predicted octanol–water partition coefficient (Wildman–Crippen LogP) is 3.78. The number of hydrogen-bond acceptors (Lipinski definition) is 4. The second-order valence-corrected chi connectivity index (χ2v) is 8.22. The van der Waals surface area contributed by atoms with Crippen molar-refractivity contribution < 1.29 is 14.7 Å². The second kappa shape index (κ2) is 8.22. The Morgan fingerprint density at radius 3 is 2.33 bits per heavy atom. The molecule has 2 aliphatic rings. The molecule has 27 heavy (non-hydrogen) atoms. The van der Waals surface area contributed by atoms with Crippen molar-refractivity contribution in [2.24, 2.45) is 17.3 Å². The van der Waals surface area contributed by atoms with Crippen LogP contribution in [-0.4, -0.2) is 29.4 Å². The maximum absolute atomic E-state index is 12.7. The minimum Gasteiger partial charge on any atom is -0.481 e. The molecule has 1 saturated carbocycles. The number of nitriles is 1. The fourth-order valence-corrected chi connectivity index (χ4v) is 4.91. The topological polar surface area (TPSA) is 90.2 Å². The van der Waals surface area contributed by atoms with Crippen molar-refractivity contribution in [3.05, 3.63) is 35.4 Å². The van der Waals surface area contributed by atoms with E-state index >= 15 is 0 Å². The first kappa shape index (κ1) is 19.6. The molecule has 5 heteroatoms. The maximum Gasteiger partial charge on any atom is 0.306 e. The highest BCUT2D eigenvalue weighted by Crippen LogP contribution is 2.46. The Morgan fingerprint density at radius 2 is 1.85 bits per heavy atom. The zero-order valence-corrected chi connectivity index (χ0v) is 15.9. The summed E-state index contributed by atoms with van der Waals surface area (Å²) in [4.78, 5) is 24.1. The van der Waals surface area contributed by atoms with Gasteiger partial charge in [-0.1, -0.05) is 19.1 Å². The van der Waals surface area contributed by atoms with E-state index in [1.807, 2.05) is 6.92 Å². The summed E-state index contributed by atoms with van der Waals surface area (Å²) in [5.41, 5.74) is 1.43. The molecule has 0 aromatic heterocycles. The molecule has 1 aliphatic heterocycles. The lowest BCUT2D eigenvalue weighted by atomic mass is 9.63. The van der Waals surface area contributed by atoms with Gasteiger partial charge in [0.15, 0.2) is 5.78 Å². The third kappa shape index (κ3) is 4.22. The van der Waals surface area contributed by atoms with Crippen molar-refractivity contribution >= 4 is 11.8 Å². The first-order valence-corrected chi connectivity index (χ1v) is 9.98. The Morgan fingerprint density at radius 1 is 1.22 bits per heavy atom. The van der Waals surface area contributed by atoms with E-state index in [-0.39, 0.29) is 29.1 Å². The van der Waals surface area contributed by atoms with Crippen molar-refractivity contribution in [1.82, 2.24) is 5.32 Å². The number of nitrogens with zero attached hydrogens (tertiary/aromatic N) is 1. The summed E-state index contributed by atoms with van der Waals surface area (Å²) in [6.07, 6.45) is 6.58. The van der Waals surface area contributed by atoms with Gasteiger partial charge in [-0.25, -0.2) is 0 Å². The molecular weight excluding hydrogens is 340 g/mol. The fraction of sp³-hybridized carbons (Fsp3) is 0.591. The van der Waals surface area contributed by atoms with Crippen LogP contribution in [-0.2, 0) is 4.79 Å². The molecule has 3 rings (SSSR count). The van der Waals surface area contributed by atoms with Crippen LogP contribution >= 0.6 is 0 Å². The standard InChI is InChI=1S/C22H28N2O3/c1-2-18(21(26)27)16-7-10-22(11-8-16)12-9-19(24-14-22)20(25)17-5-3-15(13-23)4-6-17/h3-6,16,18-19,24H,2,7-12,14H2,1H3,(H,26,27). The number of piperidine rings is 1. The van der Waals surface area contributed by atoms with Crippen LogP contribution in [0.4, 0.5) is 0 Å². The summed E-state index contributed by atoms with van der Waals surface area (Å²) < 4.78 is 0. The molecule has 1 aliphatic carbocycles. The lowest BCUT2D eigenvalue weighted by Gasteiger charge is -2.46. The van der Waals surface area contributed by atoms with Gasteiger partial charge in [0.2, 0.25) is 0 Å². The molecule has 1 heterocycles. The van der Waals surface area contributed by atoms with Gasteiger partial charge in [0.1, 0.15) is 0 Å². The van der Waals surface area contributed by atoms with Gasteiger partial charge in [0.25, 0.3) is 0 Å². The van der Waals surface area contributed by atoms with E-state index in [0.29, 0.717) is 17.5 Å². The highest BCUT2D eigenvalue weighted by atomic mass is 16.4. The monoisotopic (exact) mass is 368 g/mol. The number of hydrogen-bond donors (Lipinski definition) is 2. The van der Waals surface area contributed by atoms with E-state index in [4.69, 9.17) is 5.26 Å². The predicted molar refractivity (Wildman–Crippen MR) is 102 cm³/mol. The molecule has 144 valence electrons. The number of benzene rings is 1. The molecule has 0 bridgehead atoms.